The number of benzene rings is 3. The number of ether oxygens (including phenoxy) is 3. The van der Waals surface area contributed by atoms with Gasteiger partial charge in [0.2, 0.25) is 0 Å². The lowest BCUT2D eigenvalue weighted by Crippen LogP contribution is -2.14. The lowest BCUT2D eigenvalue weighted by atomic mass is 10.1. The van der Waals surface area contributed by atoms with E-state index in [0.29, 0.717) is 33.8 Å². The highest BCUT2D eigenvalue weighted by Gasteiger charge is 2.17. The number of methoxy groups -OCH3 is 2. The highest BCUT2D eigenvalue weighted by molar-refractivity contribution is 7.92. The van der Waals surface area contributed by atoms with Gasteiger partial charge in [-0.05, 0) is 49.4 Å². The fourth-order valence-electron chi connectivity index (χ4n) is 3.41. The summed E-state index contributed by atoms with van der Waals surface area (Å²) in [5, 5.41) is 0.541. The van der Waals surface area contributed by atoms with Crippen LogP contribution in [-0.2, 0) is 19.6 Å². The minimum atomic E-state index is -3.85. The minimum absolute atomic E-state index is 0.0911. The van der Waals surface area contributed by atoms with Crippen molar-refractivity contribution in [3.8, 4) is 22.8 Å². The van der Waals surface area contributed by atoms with Crippen molar-refractivity contribution < 1.29 is 27.4 Å². The number of fused-ring (bicyclic) bond motifs is 1. The second kappa shape index (κ2) is 10.0. The van der Waals surface area contributed by atoms with Gasteiger partial charge in [-0.3, -0.25) is 4.72 Å². The van der Waals surface area contributed by atoms with Crippen molar-refractivity contribution in [3.63, 3.8) is 0 Å². The maximum atomic E-state index is 12.9. The molecule has 180 valence electrons. The fourth-order valence-corrected chi connectivity index (χ4v) is 4.46. The molecule has 0 bridgehead atoms. The molecule has 1 N–H and O–H groups in total. The first kappa shape index (κ1) is 24.0. The van der Waals surface area contributed by atoms with Crippen molar-refractivity contribution in [1.82, 2.24) is 4.98 Å². The zero-order valence-electron chi connectivity index (χ0n) is 19.4. The number of hydrogen-bond donors (Lipinski definition) is 1. The van der Waals surface area contributed by atoms with E-state index in [9.17, 15) is 13.2 Å². The van der Waals surface area contributed by atoms with Gasteiger partial charge in [0.15, 0.2) is 6.61 Å². The Morgan fingerprint density at radius 2 is 1.66 bits per heavy atom. The molecule has 4 rings (SSSR count). The zero-order valence-corrected chi connectivity index (χ0v) is 20.3. The average Bonchev–Trinajstić information content (AvgIpc) is 2.87. The number of hydrogen-bond acceptors (Lipinski definition) is 7. The van der Waals surface area contributed by atoms with Gasteiger partial charge < -0.3 is 14.2 Å². The van der Waals surface area contributed by atoms with Crippen LogP contribution < -0.4 is 14.2 Å². The predicted octanol–water partition coefficient (Wildman–Crippen LogP) is 4.57. The molecule has 0 radical (unpaired) electrons. The van der Waals surface area contributed by atoms with E-state index in [2.05, 4.69) is 9.46 Å². The molecule has 0 unspecified atom stereocenters. The Kier molecular flexibility index (Phi) is 6.88. The Bertz CT molecular complexity index is 1470. The van der Waals surface area contributed by atoms with E-state index in [-0.39, 0.29) is 11.5 Å². The van der Waals surface area contributed by atoms with E-state index in [1.165, 1.54) is 26.4 Å². The molecule has 0 aliphatic rings. The monoisotopic (exact) mass is 492 g/mol. The minimum Gasteiger partial charge on any atom is -0.497 e. The normalized spacial score (nSPS) is 11.2. The standard InChI is InChI=1S/C26H24N2O6S/c1-17-4-6-18(7-5-17)24-15-25(34-16-26(29)33-3)22-14-19(8-13-23(22)27-24)28-35(30,31)21-11-9-20(32-2)10-12-21/h4-15,28H,16H2,1-3H3. The molecule has 8 nitrogen and oxygen atoms in total. The molecule has 0 atom stereocenters. The van der Waals surface area contributed by atoms with E-state index < -0.39 is 16.0 Å². The van der Waals surface area contributed by atoms with E-state index in [4.69, 9.17) is 14.5 Å². The Morgan fingerprint density at radius 1 is 0.943 bits per heavy atom. The molecule has 0 aliphatic heterocycles. The van der Waals surface area contributed by atoms with Crippen LogP contribution in [0.5, 0.6) is 11.5 Å². The molecule has 3 aromatic carbocycles. The number of anilines is 1. The smallest absolute Gasteiger partial charge is 0.343 e. The maximum absolute atomic E-state index is 12.9. The fraction of sp³-hybridized carbons (Fsp3) is 0.154. The number of pyridine rings is 1. The lowest BCUT2D eigenvalue weighted by Gasteiger charge is -2.13. The first-order valence-electron chi connectivity index (χ1n) is 10.7. The average molecular weight is 493 g/mol. The number of sulfonamides is 1. The molecule has 0 aliphatic carbocycles. The Hall–Kier alpha value is -4.11. The van der Waals surface area contributed by atoms with Gasteiger partial charge in [0.05, 0.1) is 30.3 Å². The molecular formula is C26H24N2O6S. The molecular weight excluding hydrogens is 468 g/mol. The van der Waals surface area contributed by atoms with Gasteiger partial charge in [0.1, 0.15) is 11.5 Å². The van der Waals surface area contributed by atoms with Crippen LogP contribution in [0.15, 0.2) is 77.7 Å². The molecule has 0 saturated carbocycles. The van der Waals surface area contributed by atoms with Crippen molar-refractivity contribution in [1.29, 1.82) is 0 Å². The Balaban J connectivity index is 1.73. The van der Waals surface area contributed by atoms with Crippen LogP contribution in [0, 0.1) is 6.92 Å². The third kappa shape index (κ3) is 5.52. The summed E-state index contributed by atoms with van der Waals surface area (Å²) in [7, 11) is -1.06. The summed E-state index contributed by atoms with van der Waals surface area (Å²) in [6, 6.07) is 20.6. The summed E-state index contributed by atoms with van der Waals surface area (Å²) in [4.78, 5) is 16.5. The zero-order chi connectivity index (χ0) is 25.0. The van der Waals surface area contributed by atoms with Crippen LogP contribution >= 0.6 is 0 Å². The van der Waals surface area contributed by atoms with Gasteiger partial charge in [-0.2, -0.15) is 0 Å². The van der Waals surface area contributed by atoms with Crippen LogP contribution in [-0.4, -0.2) is 40.2 Å². The quantitative estimate of drug-likeness (QED) is 0.359. The van der Waals surface area contributed by atoms with Gasteiger partial charge in [-0.15, -0.1) is 0 Å². The van der Waals surface area contributed by atoms with Crippen molar-refractivity contribution in [3.05, 3.63) is 78.4 Å². The van der Waals surface area contributed by atoms with Gasteiger partial charge >= 0.3 is 5.97 Å². The van der Waals surface area contributed by atoms with Crippen LogP contribution in [0.1, 0.15) is 5.56 Å². The highest BCUT2D eigenvalue weighted by atomic mass is 32.2. The summed E-state index contributed by atoms with van der Waals surface area (Å²) >= 11 is 0. The highest BCUT2D eigenvalue weighted by Crippen LogP contribution is 2.33. The number of aryl methyl sites for hydroxylation is 1. The van der Waals surface area contributed by atoms with Gasteiger partial charge in [-0.1, -0.05) is 29.8 Å². The van der Waals surface area contributed by atoms with Crippen LogP contribution in [0.25, 0.3) is 22.2 Å². The summed E-state index contributed by atoms with van der Waals surface area (Å²) in [5.41, 5.74) is 3.55. The maximum Gasteiger partial charge on any atom is 0.343 e. The number of rotatable bonds is 8. The number of carbonyl (C=O) groups is 1. The van der Waals surface area contributed by atoms with Gasteiger partial charge in [0, 0.05) is 22.7 Å². The van der Waals surface area contributed by atoms with Crippen molar-refractivity contribution in [2.75, 3.05) is 25.5 Å². The Labute approximate surface area is 203 Å². The molecule has 4 aromatic rings. The summed E-state index contributed by atoms with van der Waals surface area (Å²) in [5.74, 6) is 0.391. The molecule has 0 amide bonds. The third-order valence-electron chi connectivity index (χ3n) is 5.31. The molecule has 0 fully saturated rings. The van der Waals surface area contributed by atoms with Crippen molar-refractivity contribution in [2.45, 2.75) is 11.8 Å². The number of nitrogens with zero attached hydrogens (tertiary/aromatic N) is 1. The molecule has 1 heterocycles. The number of nitrogens with one attached hydrogen (secondary N) is 1. The van der Waals surface area contributed by atoms with Crippen LogP contribution in [0.3, 0.4) is 0 Å². The largest absolute Gasteiger partial charge is 0.497 e. The van der Waals surface area contributed by atoms with Gasteiger partial charge in [0.25, 0.3) is 10.0 Å². The van der Waals surface area contributed by atoms with Crippen molar-refractivity contribution >= 4 is 32.6 Å². The summed E-state index contributed by atoms with van der Waals surface area (Å²) in [6.45, 7) is 1.70. The molecule has 0 spiro atoms. The number of aromatic nitrogens is 1. The van der Waals surface area contributed by atoms with Crippen molar-refractivity contribution in [2.24, 2.45) is 0 Å². The van der Waals surface area contributed by atoms with Gasteiger partial charge in [-0.25, -0.2) is 18.2 Å². The predicted molar refractivity (Wildman–Crippen MR) is 133 cm³/mol. The lowest BCUT2D eigenvalue weighted by molar-refractivity contribution is -0.142. The second-order valence-electron chi connectivity index (χ2n) is 7.75. The molecule has 1 aromatic heterocycles. The molecule has 9 heteroatoms. The van der Waals surface area contributed by atoms with Crippen LogP contribution in [0.2, 0.25) is 0 Å². The SMILES string of the molecule is COC(=O)COc1cc(-c2ccc(C)cc2)nc2ccc(NS(=O)(=O)c3ccc(OC)cc3)cc12. The van der Waals surface area contributed by atoms with E-state index >= 15 is 0 Å². The topological polar surface area (TPSA) is 104 Å². The summed E-state index contributed by atoms with van der Waals surface area (Å²) in [6.07, 6.45) is 0. The molecule has 35 heavy (non-hydrogen) atoms. The third-order valence-corrected chi connectivity index (χ3v) is 6.71. The number of carbonyl (C=O) groups excluding carboxylic acids is 1. The van der Waals surface area contributed by atoms with Crippen LogP contribution in [0.4, 0.5) is 5.69 Å². The summed E-state index contributed by atoms with van der Waals surface area (Å²) < 4.78 is 43.9. The Morgan fingerprint density at radius 3 is 2.31 bits per heavy atom. The first-order valence-corrected chi connectivity index (χ1v) is 12.2. The van der Waals surface area contributed by atoms with E-state index in [0.717, 1.165) is 11.1 Å². The number of esters is 1. The van der Waals surface area contributed by atoms with E-state index in [1.54, 1.807) is 36.4 Å². The molecule has 0 saturated heterocycles. The first-order chi connectivity index (χ1) is 16.8. The van der Waals surface area contributed by atoms with E-state index in [1.807, 2.05) is 31.2 Å². The second-order valence-corrected chi connectivity index (χ2v) is 9.43.